The quantitative estimate of drug-likeness (QED) is 0.0463. The minimum absolute atomic E-state index is 0.237. The SMILES string of the molecule is CCCCCCCCCCCCN1C(=O)c2ccc3c4ccc5c6c(ccc(c7ccc(c2c37)C1=O)c64)C(=O)N(CCc1ccc(OC)cc1)C5=O. The van der Waals surface area contributed by atoms with Crippen molar-refractivity contribution in [3.8, 4) is 5.75 Å². The summed E-state index contributed by atoms with van der Waals surface area (Å²) in [6.45, 7) is 2.92. The molecule has 0 saturated heterocycles. The minimum Gasteiger partial charge on any atom is -0.497 e. The third-order valence-corrected chi connectivity index (χ3v) is 11.3. The molecule has 0 unspecified atom stereocenters. The average molecular weight is 693 g/mol. The van der Waals surface area contributed by atoms with Gasteiger partial charge in [-0.2, -0.15) is 0 Å². The number of ether oxygens (including phenoxy) is 1. The van der Waals surface area contributed by atoms with Gasteiger partial charge in [-0.25, -0.2) is 0 Å². The molecule has 2 aliphatic rings. The summed E-state index contributed by atoms with van der Waals surface area (Å²) in [6.07, 6.45) is 12.4. The number of carbonyl (C=O) groups is 4. The molecule has 0 atom stereocenters. The Morgan fingerprint density at radius 3 is 1.23 bits per heavy atom. The standard InChI is InChI=1S/C45H44N2O5/c1-3-4-5-6-7-8-9-10-11-12-26-46-42(48)34-21-17-30-32-19-23-36-41-37(45(51)47(44(36)50)27-25-28-13-15-29(52-2)16-14-28)24-20-33(39(32)41)31-18-22-35(43(46)49)40(34)38(30)31/h13-24H,3-12,25-27H2,1-2H3. The molecular weight excluding hydrogens is 649 g/mol. The van der Waals surface area contributed by atoms with Crippen LogP contribution in [0.15, 0.2) is 72.8 Å². The maximum Gasteiger partial charge on any atom is 0.261 e. The summed E-state index contributed by atoms with van der Waals surface area (Å²) in [5.74, 6) is -0.323. The molecule has 0 N–H and O–H groups in total. The minimum atomic E-state index is -0.301. The van der Waals surface area contributed by atoms with Crippen molar-refractivity contribution in [2.24, 2.45) is 0 Å². The van der Waals surface area contributed by atoms with Crippen LogP contribution >= 0.6 is 0 Å². The van der Waals surface area contributed by atoms with Gasteiger partial charge in [0.1, 0.15) is 5.75 Å². The van der Waals surface area contributed by atoms with Gasteiger partial charge in [0, 0.05) is 46.1 Å². The lowest BCUT2D eigenvalue weighted by atomic mass is 9.82. The van der Waals surface area contributed by atoms with E-state index >= 15 is 0 Å². The summed E-state index contributed by atoms with van der Waals surface area (Å²) in [6, 6.07) is 22.8. The van der Waals surface area contributed by atoms with Crippen molar-refractivity contribution in [1.82, 2.24) is 9.80 Å². The molecule has 6 aromatic rings. The van der Waals surface area contributed by atoms with Gasteiger partial charge < -0.3 is 4.74 Å². The molecule has 7 nitrogen and oxygen atoms in total. The number of hydrogen-bond donors (Lipinski definition) is 0. The number of rotatable bonds is 15. The van der Waals surface area contributed by atoms with Crippen LogP contribution in [-0.4, -0.2) is 53.6 Å². The largest absolute Gasteiger partial charge is 0.497 e. The zero-order valence-electron chi connectivity index (χ0n) is 30.1. The predicted octanol–water partition coefficient (Wildman–Crippen LogP) is 10.1. The van der Waals surface area contributed by atoms with Gasteiger partial charge in [-0.1, -0.05) is 101 Å². The lowest BCUT2D eigenvalue weighted by Gasteiger charge is -2.30. The Kier molecular flexibility index (Phi) is 9.12. The van der Waals surface area contributed by atoms with Gasteiger partial charge in [0.2, 0.25) is 0 Å². The van der Waals surface area contributed by atoms with E-state index in [0.717, 1.165) is 62.9 Å². The van der Waals surface area contributed by atoms with Crippen LogP contribution in [0.4, 0.5) is 0 Å². The Balaban J connectivity index is 1.08. The maximum atomic E-state index is 13.9. The third kappa shape index (κ3) is 5.58. The number of imide groups is 2. The number of methoxy groups -OCH3 is 1. The number of nitrogens with zero attached hydrogens (tertiary/aromatic N) is 2. The third-order valence-electron chi connectivity index (χ3n) is 11.3. The molecule has 8 rings (SSSR count). The first-order valence-electron chi connectivity index (χ1n) is 19.0. The van der Waals surface area contributed by atoms with Gasteiger partial charge in [-0.15, -0.1) is 0 Å². The van der Waals surface area contributed by atoms with Gasteiger partial charge in [0.25, 0.3) is 23.6 Å². The fourth-order valence-electron chi connectivity index (χ4n) is 8.56. The van der Waals surface area contributed by atoms with Crippen molar-refractivity contribution in [3.63, 3.8) is 0 Å². The molecule has 2 heterocycles. The van der Waals surface area contributed by atoms with Gasteiger partial charge >= 0.3 is 0 Å². The Hall–Kier alpha value is -5.30. The molecule has 0 saturated carbocycles. The molecule has 2 aliphatic heterocycles. The van der Waals surface area contributed by atoms with Crippen LogP contribution in [0, 0.1) is 0 Å². The second kappa shape index (κ2) is 14.0. The highest BCUT2D eigenvalue weighted by atomic mass is 16.5. The predicted molar refractivity (Wildman–Crippen MR) is 207 cm³/mol. The molecule has 0 fully saturated rings. The van der Waals surface area contributed by atoms with E-state index in [1.54, 1.807) is 7.11 Å². The van der Waals surface area contributed by atoms with E-state index in [9.17, 15) is 19.2 Å². The lowest BCUT2D eigenvalue weighted by Crippen LogP contribution is -2.41. The normalized spacial score (nSPS) is 14.3. The topological polar surface area (TPSA) is 84.0 Å². The second-order valence-electron chi connectivity index (χ2n) is 14.4. The van der Waals surface area contributed by atoms with E-state index in [-0.39, 0.29) is 30.2 Å². The fourth-order valence-corrected chi connectivity index (χ4v) is 8.56. The van der Waals surface area contributed by atoms with Crippen LogP contribution in [-0.2, 0) is 6.42 Å². The summed E-state index contributed by atoms with van der Waals surface area (Å²) in [5.41, 5.74) is 3.12. The molecule has 7 heteroatoms. The fraction of sp³-hybridized carbons (Fsp3) is 0.333. The molecule has 4 amide bonds. The molecule has 0 aromatic heterocycles. The van der Waals surface area contributed by atoms with Gasteiger partial charge in [0.15, 0.2) is 0 Å². The molecule has 0 radical (unpaired) electrons. The first-order valence-corrected chi connectivity index (χ1v) is 19.0. The van der Waals surface area contributed by atoms with E-state index in [0.29, 0.717) is 46.0 Å². The smallest absolute Gasteiger partial charge is 0.261 e. The van der Waals surface area contributed by atoms with Crippen molar-refractivity contribution in [2.45, 2.75) is 77.6 Å². The van der Waals surface area contributed by atoms with E-state index in [1.807, 2.05) is 72.8 Å². The van der Waals surface area contributed by atoms with Crippen LogP contribution in [0.25, 0.3) is 43.1 Å². The number of carbonyl (C=O) groups excluding carboxylic acids is 4. The van der Waals surface area contributed by atoms with Crippen molar-refractivity contribution in [2.75, 3.05) is 20.2 Å². The highest BCUT2D eigenvalue weighted by Gasteiger charge is 2.36. The Morgan fingerprint density at radius 2 is 0.827 bits per heavy atom. The van der Waals surface area contributed by atoms with Crippen molar-refractivity contribution >= 4 is 66.7 Å². The van der Waals surface area contributed by atoms with Gasteiger partial charge in [-0.05, 0) is 87.1 Å². The zero-order valence-corrected chi connectivity index (χ0v) is 30.1. The summed E-state index contributed by atoms with van der Waals surface area (Å²) >= 11 is 0. The summed E-state index contributed by atoms with van der Waals surface area (Å²) < 4.78 is 5.26. The molecule has 52 heavy (non-hydrogen) atoms. The second-order valence-corrected chi connectivity index (χ2v) is 14.4. The number of benzene rings is 6. The maximum absolute atomic E-state index is 13.9. The molecule has 0 aliphatic carbocycles. The van der Waals surface area contributed by atoms with Crippen LogP contribution in [0.3, 0.4) is 0 Å². The van der Waals surface area contributed by atoms with Crippen molar-refractivity contribution in [3.05, 3.63) is 101 Å². The summed E-state index contributed by atoms with van der Waals surface area (Å²) in [4.78, 5) is 58.4. The van der Waals surface area contributed by atoms with E-state index in [1.165, 1.54) is 54.7 Å². The molecule has 0 spiro atoms. The van der Waals surface area contributed by atoms with Crippen LogP contribution in [0.2, 0.25) is 0 Å². The zero-order chi connectivity index (χ0) is 35.9. The average Bonchev–Trinajstić information content (AvgIpc) is 3.17. The monoisotopic (exact) mass is 692 g/mol. The van der Waals surface area contributed by atoms with E-state index in [4.69, 9.17) is 4.74 Å². The Morgan fingerprint density at radius 1 is 0.442 bits per heavy atom. The Bertz CT molecular complexity index is 2260. The Labute approximate surface area is 303 Å². The summed E-state index contributed by atoms with van der Waals surface area (Å²) in [7, 11) is 1.62. The molecule has 6 aromatic carbocycles. The molecule has 264 valence electrons. The first-order chi connectivity index (χ1) is 25.4. The summed E-state index contributed by atoms with van der Waals surface area (Å²) in [5, 5.41) is 6.69. The molecular formula is C45H44N2O5. The first kappa shape index (κ1) is 33.8. The van der Waals surface area contributed by atoms with Crippen LogP contribution in [0.1, 0.15) is 118 Å². The molecule has 0 bridgehead atoms. The number of hydrogen-bond acceptors (Lipinski definition) is 5. The van der Waals surface area contributed by atoms with Crippen LogP contribution in [0.5, 0.6) is 5.75 Å². The van der Waals surface area contributed by atoms with Gasteiger partial charge in [-0.3, -0.25) is 29.0 Å². The van der Waals surface area contributed by atoms with Crippen molar-refractivity contribution < 1.29 is 23.9 Å². The number of unbranched alkanes of at least 4 members (excludes halogenated alkanes) is 9. The number of fused-ring (bicyclic) bond motifs is 2. The highest BCUT2D eigenvalue weighted by Crippen LogP contribution is 2.46. The lowest BCUT2D eigenvalue weighted by molar-refractivity contribution is 0.0594. The highest BCUT2D eigenvalue weighted by molar-refractivity contribution is 6.41. The van der Waals surface area contributed by atoms with E-state index in [2.05, 4.69) is 6.92 Å². The van der Waals surface area contributed by atoms with Crippen LogP contribution < -0.4 is 4.74 Å². The number of amides is 4. The van der Waals surface area contributed by atoms with Gasteiger partial charge in [0.05, 0.1) is 7.11 Å². The van der Waals surface area contributed by atoms with Crippen molar-refractivity contribution in [1.29, 1.82) is 0 Å². The van der Waals surface area contributed by atoms with E-state index < -0.39 is 0 Å².